The molecule has 1 aromatic heterocycles. The topological polar surface area (TPSA) is 73.0 Å². The molecule has 108 valence electrons. The van der Waals surface area contributed by atoms with Crippen LogP contribution in [0.3, 0.4) is 0 Å². The molecule has 1 rings (SSSR count). The van der Waals surface area contributed by atoms with Crippen molar-refractivity contribution in [1.82, 2.24) is 4.98 Å². The molecule has 0 aliphatic heterocycles. The van der Waals surface area contributed by atoms with Crippen LogP contribution in [0.4, 0.5) is 22.0 Å². The van der Waals surface area contributed by atoms with E-state index in [-0.39, 0.29) is 6.07 Å². The highest BCUT2D eigenvalue weighted by atomic mass is 35.7. The van der Waals surface area contributed by atoms with Gasteiger partial charge in [-0.25, -0.2) is 22.2 Å². The Kier molecular flexibility index (Phi) is 4.37. The van der Waals surface area contributed by atoms with Gasteiger partial charge in [-0.2, -0.15) is 13.2 Å². The highest BCUT2D eigenvalue weighted by Gasteiger charge is 2.37. The van der Waals surface area contributed by atoms with Gasteiger partial charge in [0.2, 0.25) is 0 Å². The fourth-order valence-corrected chi connectivity index (χ4v) is 2.40. The largest absolute Gasteiger partial charge is 0.433 e. The number of nitrogens with two attached hydrogens (primary N) is 1. The molecule has 0 saturated heterocycles. The molecule has 0 amide bonds. The summed E-state index contributed by atoms with van der Waals surface area (Å²) >= 11 is 0. The van der Waals surface area contributed by atoms with E-state index in [0.717, 1.165) is 0 Å². The Morgan fingerprint density at radius 1 is 1.37 bits per heavy atom. The minimum atomic E-state index is -5.09. The first-order chi connectivity index (χ1) is 8.48. The summed E-state index contributed by atoms with van der Waals surface area (Å²) in [5.41, 5.74) is 1.39. The van der Waals surface area contributed by atoms with E-state index in [9.17, 15) is 30.4 Å². The Hall–Kier alpha value is -1.00. The predicted molar refractivity (Wildman–Crippen MR) is 55.1 cm³/mol. The SMILES string of the molecule is NCc1c(C(F)F)cc(C(F)(F)F)nc1S(=O)(=O)Cl. The lowest BCUT2D eigenvalue weighted by Gasteiger charge is -2.14. The van der Waals surface area contributed by atoms with E-state index in [1.165, 1.54) is 0 Å². The molecule has 0 radical (unpaired) electrons. The van der Waals surface area contributed by atoms with E-state index < -0.39 is 50.0 Å². The monoisotopic (exact) mass is 324 g/mol. The second-order valence-electron chi connectivity index (χ2n) is 3.32. The summed E-state index contributed by atoms with van der Waals surface area (Å²) in [4.78, 5) is 2.77. The van der Waals surface area contributed by atoms with E-state index in [1.807, 2.05) is 0 Å². The molecule has 1 aromatic rings. The van der Waals surface area contributed by atoms with Crippen molar-refractivity contribution >= 4 is 19.7 Å². The highest BCUT2D eigenvalue weighted by Crippen LogP contribution is 2.35. The summed E-state index contributed by atoms with van der Waals surface area (Å²) in [5.74, 6) is 0. The van der Waals surface area contributed by atoms with Crippen molar-refractivity contribution in [1.29, 1.82) is 0 Å². The summed E-state index contributed by atoms with van der Waals surface area (Å²) in [6.45, 7) is -0.744. The van der Waals surface area contributed by atoms with Crippen molar-refractivity contribution in [2.24, 2.45) is 5.73 Å². The lowest BCUT2D eigenvalue weighted by molar-refractivity contribution is -0.141. The average Bonchev–Trinajstić information content (AvgIpc) is 2.24. The van der Waals surface area contributed by atoms with E-state index >= 15 is 0 Å². The van der Waals surface area contributed by atoms with Crippen LogP contribution in [-0.2, 0) is 21.8 Å². The van der Waals surface area contributed by atoms with Gasteiger partial charge in [0.05, 0.1) is 0 Å². The van der Waals surface area contributed by atoms with Gasteiger partial charge in [-0.3, -0.25) is 0 Å². The standard InChI is InChI=1S/C8H6ClF5N2O2S/c9-19(17,18)7-4(2-15)3(6(10)11)1-5(16-7)8(12,13)14/h1,6H,2,15H2. The number of rotatable bonds is 3. The van der Waals surface area contributed by atoms with Gasteiger partial charge in [-0.05, 0) is 6.07 Å². The van der Waals surface area contributed by atoms with Crippen molar-refractivity contribution in [2.45, 2.75) is 24.2 Å². The maximum atomic E-state index is 12.7. The molecular formula is C8H6ClF5N2O2S. The van der Waals surface area contributed by atoms with Crippen molar-refractivity contribution in [3.63, 3.8) is 0 Å². The van der Waals surface area contributed by atoms with Crippen LogP contribution in [0.5, 0.6) is 0 Å². The average molecular weight is 325 g/mol. The van der Waals surface area contributed by atoms with Gasteiger partial charge >= 0.3 is 6.18 Å². The number of pyridine rings is 1. The van der Waals surface area contributed by atoms with Crippen LogP contribution in [0, 0.1) is 0 Å². The molecule has 0 bridgehead atoms. The fourth-order valence-electron chi connectivity index (χ4n) is 1.31. The molecule has 0 spiro atoms. The van der Waals surface area contributed by atoms with Gasteiger partial charge in [0, 0.05) is 28.4 Å². The molecule has 1 heterocycles. The minimum Gasteiger partial charge on any atom is -0.326 e. The molecule has 0 atom stereocenters. The third kappa shape index (κ3) is 3.51. The maximum absolute atomic E-state index is 12.7. The number of hydrogen-bond donors (Lipinski definition) is 1. The van der Waals surface area contributed by atoms with Crippen molar-refractivity contribution in [3.05, 3.63) is 22.9 Å². The number of alkyl halides is 5. The summed E-state index contributed by atoms with van der Waals surface area (Å²) < 4.78 is 84.9. The molecule has 0 aliphatic carbocycles. The van der Waals surface area contributed by atoms with Crippen molar-refractivity contribution in [2.75, 3.05) is 0 Å². The zero-order valence-electron chi connectivity index (χ0n) is 8.88. The van der Waals surface area contributed by atoms with Crippen LogP contribution >= 0.6 is 10.7 Å². The second-order valence-corrected chi connectivity index (χ2v) is 5.80. The summed E-state index contributed by atoms with van der Waals surface area (Å²) in [6, 6.07) is 0.0540. The summed E-state index contributed by atoms with van der Waals surface area (Å²) in [7, 11) is 0.147. The second kappa shape index (κ2) is 5.17. The molecule has 0 fully saturated rings. The first-order valence-corrected chi connectivity index (χ1v) is 6.83. The van der Waals surface area contributed by atoms with E-state index in [1.54, 1.807) is 0 Å². The predicted octanol–water partition coefficient (Wildman–Crippen LogP) is 2.42. The van der Waals surface area contributed by atoms with Crippen LogP contribution in [0.25, 0.3) is 0 Å². The van der Waals surface area contributed by atoms with Gasteiger partial charge in [-0.15, -0.1) is 0 Å². The van der Waals surface area contributed by atoms with Gasteiger partial charge in [-0.1, -0.05) is 0 Å². The molecule has 0 aliphatic rings. The molecule has 19 heavy (non-hydrogen) atoms. The third-order valence-electron chi connectivity index (χ3n) is 2.08. The van der Waals surface area contributed by atoms with Crippen molar-refractivity contribution < 1.29 is 30.4 Å². The molecular weight excluding hydrogens is 319 g/mol. The van der Waals surface area contributed by atoms with Crippen LogP contribution in [0.1, 0.15) is 23.2 Å². The number of nitrogens with zero attached hydrogens (tertiary/aromatic N) is 1. The van der Waals surface area contributed by atoms with Crippen LogP contribution in [0.15, 0.2) is 11.1 Å². The van der Waals surface area contributed by atoms with Crippen molar-refractivity contribution in [3.8, 4) is 0 Å². The van der Waals surface area contributed by atoms with E-state index in [2.05, 4.69) is 4.98 Å². The maximum Gasteiger partial charge on any atom is 0.433 e. The molecule has 4 nitrogen and oxygen atoms in total. The van der Waals surface area contributed by atoms with Gasteiger partial charge in [0.1, 0.15) is 5.69 Å². The molecule has 0 aromatic carbocycles. The highest BCUT2D eigenvalue weighted by molar-refractivity contribution is 8.13. The Morgan fingerprint density at radius 3 is 2.21 bits per heavy atom. The fraction of sp³-hybridized carbons (Fsp3) is 0.375. The number of aromatic nitrogens is 1. The van der Waals surface area contributed by atoms with E-state index in [4.69, 9.17) is 16.4 Å². The van der Waals surface area contributed by atoms with E-state index in [0.29, 0.717) is 0 Å². The Bertz CT molecular complexity index is 588. The van der Waals surface area contributed by atoms with Crippen LogP contribution in [-0.4, -0.2) is 13.4 Å². The molecule has 0 unspecified atom stereocenters. The smallest absolute Gasteiger partial charge is 0.326 e. The Labute approximate surface area is 108 Å². The zero-order chi connectivity index (χ0) is 15.0. The molecule has 2 N–H and O–H groups in total. The van der Waals surface area contributed by atoms with Crippen LogP contribution in [0.2, 0.25) is 0 Å². The molecule has 0 saturated carbocycles. The Morgan fingerprint density at radius 2 is 1.89 bits per heavy atom. The van der Waals surface area contributed by atoms with Gasteiger partial charge in [0.15, 0.2) is 5.03 Å². The first kappa shape index (κ1) is 16.1. The number of halogens is 6. The Balaban J connectivity index is 3.75. The summed E-state index contributed by atoms with van der Waals surface area (Å²) in [6.07, 6.45) is -8.44. The number of hydrogen-bond acceptors (Lipinski definition) is 4. The minimum absolute atomic E-state index is 0.0540. The quantitative estimate of drug-likeness (QED) is 0.684. The van der Waals surface area contributed by atoms with Crippen LogP contribution < -0.4 is 5.73 Å². The lowest BCUT2D eigenvalue weighted by atomic mass is 10.1. The zero-order valence-corrected chi connectivity index (χ0v) is 10.5. The molecule has 11 heteroatoms. The normalized spacial score (nSPS) is 13.1. The van der Waals surface area contributed by atoms with Gasteiger partial charge < -0.3 is 5.73 Å². The van der Waals surface area contributed by atoms with Gasteiger partial charge in [0.25, 0.3) is 15.5 Å². The summed E-state index contributed by atoms with van der Waals surface area (Å²) in [5, 5.41) is -1.30. The first-order valence-electron chi connectivity index (χ1n) is 4.52. The third-order valence-corrected chi connectivity index (χ3v) is 3.32. The lowest BCUT2D eigenvalue weighted by Crippen LogP contribution is -2.17.